The van der Waals surface area contributed by atoms with Crippen molar-refractivity contribution >= 4 is 197 Å². The lowest BCUT2D eigenvalue weighted by Crippen LogP contribution is -2.31. The maximum Gasteiger partial charge on any atom is 0.489 e. The minimum atomic E-state index is -1.51. The van der Waals surface area contributed by atoms with Crippen molar-refractivity contribution in [2.45, 2.75) is 0 Å². The van der Waals surface area contributed by atoms with E-state index in [2.05, 4.69) is 379 Å². The van der Waals surface area contributed by atoms with E-state index in [0.717, 1.165) is 99.7 Å². The third kappa shape index (κ3) is 18.2. The second-order valence-electron chi connectivity index (χ2n) is 35.6. The maximum absolute atomic E-state index is 9.76. The largest absolute Gasteiger partial charge is 0.489 e. The van der Waals surface area contributed by atoms with Crippen LogP contribution in [-0.4, -0.2) is 86.9 Å². The number of anilines is 2. The number of benzene rings is 22. The number of nitrogens with one attached hydrogen (secondary N) is 1. The molecule has 18 heteroatoms. The molecule has 0 fully saturated rings. The highest BCUT2D eigenvalue weighted by Crippen LogP contribution is 2.43. The molecule has 13 nitrogen and oxygen atoms in total. The summed E-state index contributed by atoms with van der Waals surface area (Å²) in [6, 6.07) is 171. The van der Waals surface area contributed by atoms with Crippen molar-refractivity contribution in [1.29, 1.82) is 0 Å². The molecule has 26 rings (SSSR count). The molecule has 0 bridgehead atoms. The number of para-hydroxylation sites is 5. The van der Waals surface area contributed by atoms with E-state index in [4.69, 9.17) is 0 Å². The fourth-order valence-electron chi connectivity index (χ4n) is 20.3. The van der Waals surface area contributed by atoms with Gasteiger partial charge in [-0.1, -0.05) is 386 Å². The molecule has 0 atom stereocenters. The van der Waals surface area contributed by atoms with Crippen LogP contribution in [0.15, 0.2) is 508 Å². The van der Waals surface area contributed by atoms with E-state index in [1.807, 2.05) is 140 Å². The Kier molecular flexibility index (Phi) is 26.0. The molecular formula is C126H92B4BrN5O8. The van der Waals surface area contributed by atoms with Crippen LogP contribution < -0.4 is 27.2 Å². The van der Waals surface area contributed by atoms with E-state index in [-0.39, 0.29) is 0 Å². The third-order valence-corrected chi connectivity index (χ3v) is 27.6. The van der Waals surface area contributed by atoms with Crippen molar-refractivity contribution in [3.05, 3.63) is 508 Å². The Balaban J connectivity index is 0.000000104. The van der Waals surface area contributed by atoms with Crippen molar-refractivity contribution < 1.29 is 40.2 Å². The zero-order valence-corrected chi connectivity index (χ0v) is 79.6. The van der Waals surface area contributed by atoms with Gasteiger partial charge in [-0.15, -0.1) is 0 Å². The first kappa shape index (κ1) is 92.1. The van der Waals surface area contributed by atoms with Gasteiger partial charge >= 0.3 is 28.5 Å². The third-order valence-electron chi connectivity index (χ3n) is 27.1. The number of halogens is 1. The fourth-order valence-corrected chi connectivity index (χ4v) is 20.6. The Bertz CT molecular complexity index is 9020. The molecule has 0 amide bonds. The molecule has 0 unspecified atom stereocenters. The van der Waals surface area contributed by atoms with Crippen molar-refractivity contribution in [3.63, 3.8) is 0 Å². The van der Waals surface area contributed by atoms with E-state index in [1.165, 1.54) is 114 Å². The number of hydrogen-bond acceptors (Lipinski definition) is 9. The average Bonchev–Trinajstić information content (AvgIpc) is 1.59. The predicted octanol–water partition coefficient (Wildman–Crippen LogP) is 25.8. The van der Waals surface area contributed by atoms with Gasteiger partial charge in [0.25, 0.3) is 0 Å². The van der Waals surface area contributed by atoms with E-state index in [0.29, 0.717) is 21.9 Å². The van der Waals surface area contributed by atoms with Crippen LogP contribution in [0, 0.1) is 0 Å². The van der Waals surface area contributed by atoms with Gasteiger partial charge in [-0.2, -0.15) is 0 Å². The van der Waals surface area contributed by atoms with Gasteiger partial charge in [-0.25, -0.2) is 0 Å². The molecule has 0 aliphatic heterocycles. The van der Waals surface area contributed by atoms with Crippen LogP contribution in [0.5, 0.6) is 0 Å². The maximum atomic E-state index is 9.76. The normalized spacial score (nSPS) is 11.2. The Hall–Kier alpha value is -17.0. The Morgan fingerprint density at radius 2 is 0.465 bits per heavy atom. The standard InChI is InChI=1S/3C28H20BNO2.C24H18BNO2.C18H14BrN/c31-29(32)26-11-5-3-8-22(26)20-13-16-21(17-14-20)30-27-12-6-4-10-24(27)25-18-15-19-7-1-2-9-23(19)28(25)30;31-29(32)25-11-5-3-8-22(25)20-13-16-21(17-14-20)30-26-12-6-4-10-24(26)28-23-9-2-1-7-19(23)15-18-27(28)30;31-29(32)26-11-5-3-9-23(26)19-13-15-22(16-14-19)30-27-12-6-4-10-24(27)25-17-20-7-1-2-8-21(20)18-28(25)30;27-25(28)22-10-4-1-7-19(22)17-13-15-18(16-14-17)26-23-11-5-2-8-20(23)21-9-3-6-12-24(21)26;19-16-8-12-18(13-9-16)20-17-10-6-15(7-11-17)14-4-2-1-3-5-14/h3*1-18,31-32H;1-16,27-28H;1-13,20H. The van der Waals surface area contributed by atoms with Crippen LogP contribution in [0.4, 0.5) is 11.4 Å². The molecule has 4 aromatic heterocycles. The molecule has 0 radical (unpaired) electrons. The van der Waals surface area contributed by atoms with E-state index >= 15 is 0 Å². The molecular weight excluding hydrogens is 1830 g/mol. The molecule has 688 valence electrons. The first-order valence-corrected chi connectivity index (χ1v) is 48.6. The van der Waals surface area contributed by atoms with Gasteiger partial charge in [0, 0.05) is 87.1 Å². The van der Waals surface area contributed by atoms with E-state index in [9.17, 15) is 40.2 Å². The average molecular weight is 1930 g/mol. The molecule has 0 saturated heterocycles. The second kappa shape index (κ2) is 40.7. The summed E-state index contributed by atoms with van der Waals surface area (Å²) in [5.41, 5.74) is 27.4. The SMILES string of the molecule is Brc1ccc(Nc2ccc(-c3ccccc3)cc2)cc1.OB(O)c1ccccc1-c1ccc(-n2c3ccccc3c3c4ccccc4ccc32)cc1.OB(O)c1ccccc1-c1ccc(-n2c3ccccc3c3cc4ccccc4cc32)cc1.OB(O)c1ccccc1-c1ccc(-n2c3ccccc3c3ccc4ccccc4c32)cc1.OB(O)c1ccccc1-c1ccc(-n2c3ccccc3c3ccccc32)cc1. The number of hydrogen-bond donors (Lipinski definition) is 9. The van der Waals surface area contributed by atoms with Gasteiger partial charge < -0.3 is 63.8 Å². The molecule has 4 heterocycles. The van der Waals surface area contributed by atoms with Crippen LogP contribution in [0.2, 0.25) is 0 Å². The van der Waals surface area contributed by atoms with Crippen LogP contribution in [0.1, 0.15) is 0 Å². The van der Waals surface area contributed by atoms with Crippen LogP contribution in [0.25, 0.3) is 198 Å². The molecule has 144 heavy (non-hydrogen) atoms. The quantitative estimate of drug-likeness (QED) is 0.0449. The zero-order valence-electron chi connectivity index (χ0n) is 78.0. The number of rotatable bonds is 15. The molecule has 0 saturated carbocycles. The summed E-state index contributed by atoms with van der Waals surface area (Å²) < 4.78 is 10.3. The van der Waals surface area contributed by atoms with Crippen LogP contribution in [-0.2, 0) is 0 Å². The first-order chi connectivity index (χ1) is 70.7. The van der Waals surface area contributed by atoms with Gasteiger partial charge in [0.1, 0.15) is 0 Å². The van der Waals surface area contributed by atoms with Crippen LogP contribution in [0.3, 0.4) is 0 Å². The molecule has 0 spiro atoms. The summed E-state index contributed by atoms with van der Waals surface area (Å²) >= 11 is 3.44. The Morgan fingerprint density at radius 3 is 0.896 bits per heavy atom. The van der Waals surface area contributed by atoms with E-state index in [1.54, 1.807) is 24.3 Å². The first-order valence-electron chi connectivity index (χ1n) is 47.8. The summed E-state index contributed by atoms with van der Waals surface area (Å²) in [6.07, 6.45) is 0. The van der Waals surface area contributed by atoms with Crippen LogP contribution >= 0.6 is 15.9 Å². The van der Waals surface area contributed by atoms with Gasteiger partial charge in [-0.05, 0) is 238 Å². The topological polar surface area (TPSA) is 194 Å². The number of aromatic nitrogens is 4. The minimum Gasteiger partial charge on any atom is -0.423 e. The number of nitrogens with zero attached hydrogens (tertiary/aromatic N) is 4. The summed E-state index contributed by atoms with van der Waals surface area (Å²) in [4.78, 5) is 0. The van der Waals surface area contributed by atoms with Crippen molar-refractivity contribution in [3.8, 4) is 78.4 Å². The summed E-state index contributed by atoms with van der Waals surface area (Å²) in [5, 5.41) is 98.5. The Labute approximate surface area is 841 Å². The lowest BCUT2D eigenvalue weighted by atomic mass is 9.75. The number of fused-ring (bicyclic) bond motifs is 17. The molecule has 26 aromatic rings. The Morgan fingerprint density at radius 1 is 0.181 bits per heavy atom. The fraction of sp³-hybridized carbons (Fsp3) is 0. The predicted molar refractivity (Wildman–Crippen MR) is 606 cm³/mol. The minimum absolute atomic E-state index is 0.503. The molecule has 0 aliphatic rings. The summed E-state index contributed by atoms with van der Waals surface area (Å²) in [5.74, 6) is 0. The molecule has 9 N–H and O–H groups in total. The van der Waals surface area contributed by atoms with Crippen molar-refractivity contribution in [2.75, 3.05) is 5.32 Å². The highest BCUT2D eigenvalue weighted by Gasteiger charge is 2.25. The van der Waals surface area contributed by atoms with Gasteiger partial charge in [0.05, 0.1) is 44.1 Å². The molecule has 22 aromatic carbocycles. The van der Waals surface area contributed by atoms with Crippen molar-refractivity contribution in [2.24, 2.45) is 0 Å². The smallest absolute Gasteiger partial charge is 0.423 e. The highest BCUT2D eigenvalue weighted by atomic mass is 79.9. The summed E-state index contributed by atoms with van der Waals surface area (Å²) in [7, 11) is -6.00. The van der Waals surface area contributed by atoms with Crippen molar-refractivity contribution in [1.82, 2.24) is 18.3 Å². The highest BCUT2D eigenvalue weighted by molar-refractivity contribution is 9.10. The van der Waals surface area contributed by atoms with E-state index < -0.39 is 28.5 Å². The summed E-state index contributed by atoms with van der Waals surface area (Å²) in [6.45, 7) is 0. The zero-order chi connectivity index (χ0) is 97.8. The van der Waals surface area contributed by atoms with Gasteiger partial charge in [0.2, 0.25) is 0 Å². The monoisotopic (exact) mass is 1930 g/mol. The lowest BCUT2D eigenvalue weighted by Gasteiger charge is -2.12. The van der Waals surface area contributed by atoms with Gasteiger partial charge in [0.15, 0.2) is 0 Å². The second-order valence-corrected chi connectivity index (χ2v) is 36.5. The lowest BCUT2D eigenvalue weighted by molar-refractivity contribution is 0.424. The van der Waals surface area contributed by atoms with Gasteiger partial charge in [-0.3, -0.25) is 0 Å². The molecule has 0 aliphatic carbocycles.